The van der Waals surface area contributed by atoms with Crippen LogP contribution in [0.2, 0.25) is 5.02 Å². The molecule has 1 aromatic carbocycles. The van der Waals surface area contributed by atoms with Crippen molar-refractivity contribution in [1.82, 2.24) is 10.2 Å². The molecular formula is C20H22ClN3O5. The Kier molecular flexibility index (Phi) is 4.66. The van der Waals surface area contributed by atoms with Gasteiger partial charge >= 0.3 is 5.97 Å². The molecule has 0 aliphatic carbocycles. The monoisotopic (exact) mass is 419 g/mol. The fraction of sp³-hybridized carbons (Fsp3) is 0.500. The summed E-state index contributed by atoms with van der Waals surface area (Å²) in [5.74, 6) is -3.94. The lowest BCUT2D eigenvalue weighted by Crippen LogP contribution is -2.54. The number of hydrogen-bond donors (Lipinski definition) is 3. The Labute approximate surface area is 172 Å². The minimum Gasteiger partial charge on any atom is -0.481 e. The number of nitrogens with one attached hydrogen (secondary N) is 2. The van der Waals surface area contributed by atoms with E-state index >= 15 is 0 Å². The number of likely N-dealkylation sites (tertiary alicyclic amines) is 1. The molecule has 3 amide bonds. The maximum absolute atomic E-state index is 13.4. The van der Waals surface area contributed by atoms with Crippen LogP contribution in [-0.4, -0.2) is 45.8 Å². The second-order valence-corrected chi connectivity index (χ2v) is 8.32. The summed E-state index contributed by atoms with van der Waals surface area (Å²) in [5.41, 5.74) is -0.496. The summed E-state index contributed by atoms with van der Waals surface area (Å²) >= 11 is 6.26. The number of carboxylic acid groups (broad SMARTS) is 1. The molecule has 4 rings (SSSR count). The van der Waals surface area contributed by atoms with Gasteiger partial charge in [-0.1, -0.05) is 30.7 Å². The van der Waals surface area contributed by atoms with Crippen LogP contribution in [0.4, 0.5) is 5.69 Å². The molecule has 1 spiro atoms. The zero-order valence-corrected chi connectivity index (χ0v) is 16.8. The van der Waals surface area contributed by atoms with Crippen molar-refractivity contribution in [3.63, 3.8) is 0 Å². The number of imide groups is 1. The number of hydrogen-bond acceptors (Lipinski definition) is 5. The van der Waals surface area contributed by atoms with E-state index in [9.17, 15) is 19.2 Å². The number of carbonyl (C=O) groups is 4. The molecule has 9 heteroatoms. The SMILES string of the molecule is CC[C@@H](C)N1C(=O)[C@H]2[C@H](CCC(=O)O)N[C@@]3(C(=O)Nc4c(Cl)cccc43)[C@@H]2C1=O. The molecule has 0 radical (unpaired) electrons. The fourth-order valence-corrected chi connectivity index (χ4v) is 5.18. The average Bonchev–Trinajstić information content (AvgIpc) is 3.26. The number of rotatable bonds is 5. The molecule has 1 aromatic rings. The van der Waals surface area contributed by atoms with Crippen LogP contribution in [0.25, 0.3) is 0 Å². The van der Waals surface area contributed by atoms with Crippen LogP contribution in [0.5, 0.6) is 0 Å². The van der Waals surface area contributed by atoms with E-state index < -0.39 is 41.2 Å². The number of halogens is 1. The first-order chi connectivity index (χ1) is 13.7. The highest BCUT2D eigenvalue weighted by atomic mass is 35.5. The van der Waals surface area contributed by atoms with Gasteiger partial charge in [-0.25, -0.2) is 0 Å². The van der Waals surface area contributed by atoms with Gasteiger partial charge in [0.05, 0.1) is 22.5 Å². The third-order valence-corrected chi connectivity index (χ3v) is 6.75. The smallest absolute Gasteiger partial charge is 0.303 e. The second-order valence-electron chi connectivity index (χ2n) is 7.91. The molecule has 154 valence electrons. The Bertz CT molecular complexity index is 935. The standard InChI is InChI=1S/C20H22ClN3O5/c1-3-9(2)24-17(27)14-12(7-8-13(25)26)23-20(15(14)18(24)28)10-5-4-6-11(21)16(10)22-19(20)29/h4-6,9,12,14-15,23H,3,7-8H2,1-2H3,(H,22,29)(H,25,26)/t9-,12+,14+,15+,20-/m1/s1. The highest BCUT2D eigenvalue weighted by Gasteiger charge is 2.70. The molecule has 0 unspecified atom stereocenters. The number of para-hydroxylation sites is 1. The number of carbonyl (C=O) groups excluding carboxylic acids is 3. The predicted octanol–water partition coefficient (Wildman–Crippen LogP) is 1.72. The van der Waals surface area contributed by atoms with Crippen LogP contribution in [0.1, 0.15) is 38.7 Å². The first-order valence-electron chi connectivity index (χ1n) is 9.70. The van der Waals surface area contributed by atoms with Crippen LogP contribution in [0.15, 0.2) is 18.2 Å². The largest absolute Gasteiger partial charge is 0.481 e. The van der Waals surface area contributed by atoms with Crippen molar-refractivity contribution in [2.45, 2.75) is 50.7 Å². The normalized spacial score (nSPS) is 31.2. The molecular weight excluding hydrogens is 398 g/mol. The van der Waals surface area contributed by atoms with Gasteiger partial charge in [-0.05, 0) is 25.8 Å². The summed E-state index contributed by atoms with van der Waals surface area (Å²) in [7, 11) is 0. The minimum atomic E-state index is -1.44. The van der Waals surface area contributed by atoms with E-state index in [4.69, 9.17) is 16.7 Å². The Balaban J connectivity index is 1.86. The lowest BCUT2D eigenvalue weighted by Gasteiger charge is -2.31. The van der Waals surface area contributed by atoms with Gasteiger partial charge in [0.15, 0.2) is 0 Å². The summed E-state index contributed by atoms with van der Waals surface area (Å²) in [5, 5.41) is 15.4. The maximum atomic E-state index is 13.4. The predicted molar refractivity (Wildman–Crippen MR) is 104 cm³/mol. The summed E-state index contributed by atoms with van der Waals surface area (Å²) < 4.78 is 0. The summed E-state index contributed by atoms with van der Waals surface area (Å²) in [4.78, 5) is 52.3. The van der Waals surface area contributed by atoms with Crippen LogP contribution < -0.4 is 10.6 Å². The molecule has 5 atom stereocenters. The minimum absolute atomic E-state index is 0.134. The van der Waals surface area contributed by atoms with Gasteiger partial charge in [-0.15, -0.1) is 0 Å². The van der Waals surface area contributed by atoms with Gasteiger partial charge in [0.25, 0.3) is 0 Å². The Morgan fingerprint density at radius 2 is 2.03 bits per heavy atom. The van der Waals surface area contributed by atoms with Crippen LogP contribution in [-0.2, 0) is 24.7 Å². The van der Waals surface area contributed by atoms with Gasteiger partial charge in [0, 0.05) is 24.1 Å². The number of nitrogens with zero attached hydrogens (tertiary/aromatic N) is 1. The molecule has 29 heavy (non-hydrogen) atoms. The number of fused-ring (bicyclic) bond motifs is 4. The molecule has 8 nitrogen and oxygen atoms in total. The van der Waals surface area contributed by atoms with Crippen molar-refractivity contribution in [1.29, 1.82) is 0 Å². The van der Waals surface area contributed by atoms with Gasteiger partial charge in [-0.2, -0.15) is 0 Å². The molecule has 3 aliphatic heterocycles. The third-order valence-electron chi connectivity index (χ3n) is 6.43. The molecule has 3 heterocycles. The molecule has 3 N–H and O–H groups in total. The molecule has 0 saturated carbocycles. The third kappa shape index (κ3) is 2.62. The fourth-order valence-electron chi connectivity index (χ4n) is 4.96. The van der Waals surface area contributed by atoms with Crippen molar-refractivity contribution in [2.75, 3.05) is 5.32 Å². The summed E-state index contributed by atoms with van der Waals surface area (Å²) in [6, 6.07) is 4.13. The molecule has 0 aromatic heterocycles. The van der Waals surface area contributed by atoms with E-state index in [1.807, 2.05) is 6.92 Å². The van der Waals surface area contributed by atoms with Crippen LogP contribution >= 0.6 is 11.6 Å². The average molecular weight is 420 g/mol. The molecule has 0 bridgehead atoms. The van der Waals surface area contributed by atoms with Gasteiger partial charge in [-0.3, -0.25) is 29.4 Å². The Morgan fingerprint density at radius 1 is 1.31 bits per heavy atom. The lowest BCUT2D eigenvalue weighted by atomic mass is 9.76. The van der Waals surface area contributed by atoms with Crippen molar-refractivity contribution in [3.8, 4) is 0 Å². The number of benzene rings is 1. The second kappa shape index (κ2) is 6.81. The molecule has 2 fully saturated rings. The number of carboxylic acids is 1. The van der Waals surface area contributed by atoms with E-state index in [0.717, 1.165) is 0 Å². The first kappa shape index (κ1) is 19.8. The number of anilines is 1. The summed E-state index contributed by atoms with van der Waals surface area (Å²) in [6.07, 6.45) is 0.548. The molecule has 2 saturated heterocycles. The van der Waals surface area contributed by atoms with Gasteiger partial charge in [0.2, 0.25) is 17.7 Å². The quantitative estimate of drug-likeness (QED) is 0.626. The van der Waals surface area contributed by atoms with Crippen molar-refractivity contribution in [3.05, 3.63) is 28.8 Å². The Hall–Kier alpha value is -2.45. The number of amides is 3. The topological polar surface area (TPSA) is 116 Å². The first-order valence-corrected chi connectivity index (χ1v) is 10.1. The van der Waals surface area contributed by atoms with Crippen LogP contribution in [0.3, 0.4) is 0 Å². The van der Waals surface area contributed by atoms with Gasteiger partial charge in [0.1, 0.15) is 5.54 Å². The zero-order valence-electron chi connectivity index (χ0n) is 16.1. The molecule has 3 aliphatic rings. The van der Waals surface area contributed by atoms with E-state index in [2.05, 4.69) is 10.6 Å². The van der Waals surface area contributed by atoms with Crippen molar-refractivity contribution >= 4 is 41.0 Å². The van der Waals surface area contributed by atoms with Gasteiger partial charge < -0.3 is 10.4 Å². The number of aliphatic carboxylic acids is 1. The zero-order chi connectivity index (χ0) is 21.1. The van der Waals surface area contributed by atoms with Crippen LogP contribution in [0, 0.1) is 11.8 Å². The maximum Gasteiger partial charge on any atom is 0.303 e. The lowest BCUT2D eigenvalue weighted by molar-refractivity contribution is -0.145. The highest BCUT2D eigenvalue weighted by Crippen LogP contribution is 2.54. The highest BCUT2D eigenvalue weighted by molar-refractivity contribution is 6.35. The Morgan fingerprint density at radius 3 is 2.69 bits per heavy atom. The van der Waals surface area contributed by atoms with E-state index in [1.165, 1.54) is 4.90 Å². The van der Waals surface area contributed by atoms with Crippen molar-refractivity contribution in [2.24, 2.45) is 11.8 Å². The van der Waals surface area contributed by atoms with E-state index in [-0.39, 0.29) is 24.8 Å². The van der Waals surface area contributed by atoms with E-state index in [1.54, 1.807) is 25.1 Å². The summed E-state index contributed by atoms with van der Waals surface area (Å²) in [6.45, 7) is 3.68. The van der Waals surface area contributed by atoms with Crippen molar-refractivity contribution < 1.29 is 24.3 Å². The van der Waals surface area contributed by atoms with E-state index in [0.29, 0.717) is 22.7 Å².